The molecule has 88 valence electrons. The number of pyridine rings is 1. The van der Waals surface area contributed by atoms with Crippen molar-refractivity contribution >= 4 is 17.2 Å². The van der Waals surface area contributed by atoms with Gasteiger partial charge in [0.25, 0.3) is 5.91 Å². The molecule has 2 aromatic heterocycles. The third kappa shape index (κ3) is 2.88. The first-order chi connectivity index (χ1) is 8.31. The summed E-state index contributed by atoms with van der Waals surface area (Å²) in [5.74, 6) is -0.154. The summed E-state index contributed by atoms with van der Waals surface area (Å²) >= 11 is 1.41. The topological polar surface area (TPSA) is 54.9 Å². The highest BCUT2D eigenvalue weighted by Gasteiger charge is 2.08. The van der Waals surface area contributed by atoms with E-state index in [0.717, 1.165) is 17.7 Å². The van der Waals surface area contributed by atoms with Crippen molar-refractivity contribution in [3.63, 3.8) is 0 Å². The minimum atomic E-state index is -0.154. The van der Waals surface area contributed by atoms with Gasteiger partial charge in [0.05, 0.1) is 17.7 Å². The molecule has 0 saturated heterocycles. The van der Waals surface area contributed by atoms with Gasteiger partial charge < -0.3 is 5.32 Å². The van der Waals surface area contributed by atoms with Crippen molar-refractivity contribution in [2.75, 3.05) is 0 Å². The Morgan fingerprint density at radius 2 is 2.35 bits per heavy atom. The summed E-state index contributed by atoms with van der Waals surface area (Å²) in [5, 5.41) is 4.55. The highest BCUT2D eigenvalue weighted by molar-refractivity contribution is 7.07. The monoisotopic (exact) mass is 247 g/mol. The van der Waals surface area contributed by atoms with Crippen molar-refractivity contribution in [2.45, 2.75) is 19.9 Å². The standard InChI is InChI=1S/C12H13N3OS/c1-2-9-4-3-5-13-10(9)6-14-12(16)11-7-17-8-15-11/h3-5,7-8H,2,6H2,1H3,(H,14,16). The van der Waals surface area contributed by atoms with Gasteiger partial charge in [0.2, 0.25) is 0 Å². The van der Waals surface area contributed by atoms with Crippen LogP contribution in [-0.4, -0.2) is 15.9 Å². The average molecular weight is 247 g/mol. The third-order valence-electron chi connectivity index (χ3n) is 2.45. The fourth-order valence-electron chi connectivity index (χ4n) is 1.53. The van der Waals surface area contributed by atoms with Crippen LogP contribution >= 0.6 is 11.3 Å². The number of aryl methyl sites for hydroxylation is 1. The summed E-state index contributed by atoms with van der Waals surface area (Å²) in [6.45, 7) is 2.52. The third-order valence-corrected chi connectivity index (χ3v) is 3.03. The molecule has 0 fully saturated rings. The van der Waals surface area contributed by atoms with Crippen molar-refractivity contribution in [1.82, 2.24) is 15.3 Å². The summed E-state index contributed by atoms with van der Waals surface area (Å²) in [7, 11) is 0. The van der Waals surface area contributed by atoms with Crippen LogP contribution in [0.25, 0.3) is 0 Å². The van der Waals surface area contributed by atoms with E-state index in [9.17, 15) is 4.79 Å². The molecule has 0 aromatic carbocycles. The lowest BCUT2D eigenvalue weighted by molar-refractivity contribution is 0.0946. The summed E-state index contributed by atoms with van der Waals surface area (Å²) < 4.78 is 0. The summed E-state index contributed by atoms with van der Waals surface area (Å²) in [6, 6.07) is 3.93. The van der Waals surface area contributed by atoms with Crippen LogP contribution in [0.5, 0.6) is 0 Å². The highest BCUT2D eigenvalue weighted by atomic mass is 32.1. The lowest BCUT2D eigenvalue weighted by atomic mass is 10.1. The van der Waals surface area contributed by atoms with Crippen LogP contribution in [0, 0.1) is 0 Å². The molecule has 0 saturated carbocycles. The van der Waals surface area contributed by atoms with E-state index in [0.29, 0.717) is 12.2 Å². The quantitative estimate of drug-likeness (QED) is 0.899. The van der Waals surface area contributed by atoms with Gasteiger partial charge in [-0.05, 0) is 18.1 Å². The number of thiazole rings is 1. The van der Waals surface area contributed by atoms with Crippen LogP contribution in [0.4, 0.5) is 0 Å². The Hall–Kier alpha value is -1.75. The molecule has 17 heavy (non-hydrogen) atoms. The van der Waals surface area contributed by atoms with E-state index in [2.05, 4.69) is 22.2 Å². The Kier molecular flexibility index (Phi) is 3.82. The molecule has 1 amide bonds. The number of rotatable bonds is 4. The maximum Gasteiger partial charge on any atom is 0.271 e. The highest BCUT2D eigenvalue weighted by Crippen LogP contribution is 2.06. The largest absolute Gasteiger partial charge is 0.345 e. The zero-order valence-corrected chi connectivity index (χ0v) is 10.3. The van der Waals surface area contributed by atoms with E-state index < -0.39 is 0 Å². The molecule has 5 heteroatoms. The molecular weight excluding hydrogens is 234 g/mol. The van der Waals surface area contributed by atoms with Gasteiger partial charge in [-0.1, -0.05) is 13.0 Å². The molecule has 1 N–H and O–H groups in total. The Morgan fingerprint density at radius 3 is 3.06 bits per heavy atom. The maximum absolute atomic E-state index is 11.7. The normalized spacial score (nSPS) is 10.2. The predicted molar refractivity (Wildman–Crippen MR) is 66.9 cm³/mol. The molecule has 0 bridgehead atoms. The van der Waals surface area contributed by atoms with Gasteiger partial charge >= 0.3 is 0 Å². The minimum Gasteiger partial charge on any atom is -0.345 e. The number of nitrogens with one attached hydrogen (secondary N) is 1. The molecule has 4 nitrogen and oxygen atoms in total. The van der Waals surface area contributed by atoms with Gasteiger partial charge in [0.15, 0.2) is 0 Å². The fourth-order valence-corrected chi connectivity index (χ4v) is 2.06. The van der Waals surface area contributed by atoms with Crippen molar-refractivity contribution in [1.29, 1.82) is 0 Å². The molecule has 2 rings (SSSR count). The SMILES string of the molecule is CCc1cccnc1CNC(=O)c1cscn1. The average Bonchev–Trinajstić information content (AvgIpc) is 2.90. The van der Waals surface area contributed by atoms with E-state index in [4.69, 9.17) is 0 Å². The van der Waals surface area contributed by atoms with Crippen molar-refractivity contribution in [2.24, 2.45) is 0 Å². The minimum absolute atomic E-state index is 0.154. The van der Waals surface area contributed by atoms with Crippen LogP contribution in [0.3, 0.4) is 0 Å². The van der Waals surface area contributed by atoms with Crippen LogP contribution in [0.15, 0.2) is 29.2 Å². The van der Waals surface area contributed by atoms with E-state index in [-0.39, 0.29) is 5.91 Å². The van der Waals surface area contributed by atoms with Crippen LogP contribution in [0.1, 0.15) is 28.7 Å². The van der Waals surface area contributed by atoms with E-state index in [1.165, 1.54) is 11.3 Å². The first-order valence-corrected chi connectivity index (χ1v) is 6.34. The number of carbonyl (C=O) groups excluding carboxylic acids is 1. The number of aromatic nitrogens is 2. The molecule has 0 unspecified atom stereocenters. The smallest absolute Gasteiger partial charge is 0.271 e. The van der Waals surface area contributed by atoms with E-state index in [1.807, 2.05) is 12.1 Å². The molecule has 0 spiro atoms. The second-order valence-electron chi connectivity index (χ2n) is 3.52. The number of hydrogen-bond acceptors (Lipinski definition) is 4. The van der Waals surface area contributed by atoms with Crippen LogP contribution in [-0.2, 0) is 13.0 Å². The second kappa shape index (κ2) is 5.54. The van der Waals surface area contributed by atoms with Crippen molar-refractivity contribution in [3.05, 3.63) is 46.2 Å². The molecule has 0 radical (unpaired) electrons. The summed E-state index contributed by atoms with van der Waals surface area (Å²) in [5.41, 5.74) is 4.18. The lowest BCUT2D eigenvalue weighted by Gasteiger charge is -2.07. The van der Waals surface area contributed by atoms with Gasteiger partial charge in [-0.15, -0.1) is 11.3 Å². The van der Waals surface area contributed by atoms with Gasteiger partial charge in [-0.2, -0.15) is 0 Å². The number of nitrogens with zero attached hydrogens (tertiary/aromatic N) is 2. The first-order valence-electron chi connectivity index (χ1n) is 5.40. The second-order valence-corrected chi connectivity index (χ2v) is 4.24. The lowest BCUT2D eigenvalue weighted by Crippen LogP contribution is -2.24. The molecule has 2 aromatic rings. The van der Waals surface area contributed by atoms with Gasteiger partial charge in [-0.25, -0.2) is 4.98 Å². The molecule has 0 aliphatic carbocycles. The molecule has 0 aliphatic heterocycles. The molecule has 0 atom stereocenters. The van der Waals surface area contributed by atoms with Crippen LogP contribution in [0.2, 0.25) is 0 Å². The van der Waals surface area contributed by atoms with Crippen molar-refractivity contribution < 1.29 is 4.79 Å². The maximum atomic E-state index is 11.7. The Morgan fingerprint density at radius 1 is 1.47 bits per heavy atom. The fraction of sp³-hybridized carbons (Fsp3) is 0.250. The van der Waals surface area contributed by atoms with Gasteiger partial charge in [0, 0.05) is 11.6 Å². The van der Waals surface area contributed by atoms with Crippen molar-refractivity contribution in [3.8, 4) is 0 Å². The Bertz CT molecular complexity index is 496. The molecular formula is C12H13N3OS. The van der Waals surface area contributed by atoms with Crippen LogP contribution < -0.4 is 5.32 Å². The first kappa shape index (κ1) is 11.7. The summed E-state index contributed by atoms with van der Waals surface area (Å²) in [6.07, 6.45) is 2.65. The van der Waals surface area contributed by atoms with Gasteiger partial charge in [0.1, 0.15) is 5.69 Å². The van der Waals surface area contributed by atoms with E-state index >= 15 is 0 Å². The zero-order valence-electron chi connectivity index (χ0n) is 9.51. The zero-order chi connectivity index (χ0) is 12.1. The van der Waals surface area contributed by atoms with Gasteiger partial charge in [-0.3, -0.25) is 9.78 Å². The number of hydrogen-bond donors (Lipinski definition) is 1. The van der Waals surface area contributed by atoms with E-state index in [1.54, 1.807) is 17.1 Å². The number of amides is 1. The Labute approximate surface area is 104 Å². The molecule has 0 aliphatic rings. The number of carbonyl (C=O) groups is 1. The summed E-state index contributed by atoms with van der Waals surface area (Å²) in [4.78, 5) is 19.9. The Balaban J connectivity index is 2.00. The molecule has 2 heterocycles. The predicted octanol–water partition coefficient (Wildman–Crippen LogP) is 2.03.